The Kier molecular flexibility index (Phi) is 3.88. The molecule has 0 aliphatic rings. The van der Waals surface area contributed by atoms with Crippen LogP contribution in [0.3, 0.4) is 0 Å². The van der Waals surface area contributed by atoms with Crippen LogP contribution < -0.4 is 0 Å². The fourth-order valence-corrected chi connectivity index (χ4v) is 2.81. The monoisotopic (exact) mass is 258 g/mol. The number of hydrogen-bond donors (Lipinski definition) is 0. The zero-order valence-electron chi connectivity index (χ0n) is 11.8. The van der Waals surface area contributed by atoms with Crippen molar-refractivity contribution in [2.75, 3.05) is 7.11 Å². The maximum Gasteiger partial charge on any atom is 0.0871 e. The van der Waals surface area contributed by atoms with Crippen LogP contribution in [0.4, 0.5) is 0 Å². The molecule has 0 aliphatic heterocycles. The second-order valence-corrected chi connectivity index (χ2v) is 6.36. The maximum atomic E-state index is 5.54. The summed E-state index contributed by atoms with van der Waals surface area (Å²) in [6, 6.07) is 14.8. The van der Waals surface area contributed by atoms with Crippen LogP contribution in [0.15, 0.2) is 36.4 Å². The van der Waals surface area contributed by atoms with Crippen molar-refractivity contribution in [3.05, 3.63) is 47.5 Å². The molecule has 0 amide bonds. The fraction of sp³-hybridized carbons (Fsp3) is 0.375. The summed E-state index contributed by atoms with van der Waals surface area (Å²) < 4.78 is 5.54. The third-order valence-electron chi connectivity index (χ3n) is 3.65. The number of fused-ring (bicyclic) bond motifs is 1. The molecule has 2 aromatic carbocycles. The SMILES string of the molecule is COC(C)(C)c1ccc2cc(CC[SiH3])ccc2c1. The van der Waals surface area contributed by atoms with Gasteiger partial charge in [-0.25, -0.2) is 0 Å². The van der Waals surface area contributed by atoms with Crippen molar-refractivity contribution in [3.63, 3.8) is 0 Å². The first-order valence-electron chi connectivity index (χ1n) is 6.65. The van der Waals surface area contributed by atoms with E-state index in [9.17, 15) is 0 Å². The molecule has 1 nitrogen and oxygen atoms in total. The van der Waals surface area contributed by atoms with Crippen molar-refractivity contribution in [1.82, 2.24) is 0 Å². The van der Waals surface area contributed by atoms with E-state index in [0.29, 0.717) is 0 Å². The first-order valence-corrected chi connectivity index (χ1v) is 8.06. The molecule has 2 rings (SSSR count). The molecular formula is C16H22OSi. The molecule has 0 fully saturated rings. The van der Waals surface area contributed by atoms with Crippen LogP contribution >= 0.6 is 0 Å². The minimum Gasteiger partial charge on any atom is -0.374 e. The third kappa shape index (κ3) is 2.65. The van der Waals surface area contributed by atoms with E-state index in [1.165, 1.54) is 44.6 Å². The molecular weight excluding hydrogens is 236 g/mol. The molecule has 96 valence electrons. The van der Waals surface area contributed by atoms with Crippen LogP contribution in [-0.2, 0) is 16.8 Å². The Morgan fingerprint density at radius 3 is 2.39 bits per heavy atom. The lowest BCUT2D eigenvalue weighted by Gasteiger charge is -2.23. The maximum absolute atomic E-state index is 5.54. The van der Waals surface area contributed by atoms with E-state index in [4.69, 9.17) is 4.74 Å². The summed E-state index contributed by atoms with van der Waals surface area (Å²) in [4.78, 5) is 0. The smallest absolute Gasteiger partial charge is 0.0871 e. The van der Waals surface area contributed by atoms with Crippen LogP contribution in [0.2, 0.25) is 6.04 Å². The van der Waals surface area contributed by atoms with Crippen LogP contribution in [0, 0.1) is 0 Å². The van der Waals surface area contributed by atoms with Gasteiger partial charge in [0, 0.05) is 17.4 Å². The summed E-state index contributed by atoms with van der Waals surface area (Å²) in [7, 11) is 3.04. The lowest BCUT2D eigenvalue weighted by Crippen LogP contribution is -2.19. The van der Waals surface area contributed by atoms with Gasteiger partial charge in [-0.15, -0.1) is 0 Å². The predicted octanol–water partition coefficient (Wildman–Crippen LogP) is 3.05. The molecule has 0 radical (unpaired) electrons. The van der Waals surface area contributed by atoms with Gasteiger partial charge in [0.2, 0.25) is 0 Å². The number of hydrogen-bond acceptors (Lipinski definition) is 1. The van der Waals surface area contributed by atoms with Gasteiger partial charge in [-0.3, -0.25) is 0 Å². The average Bonchev–Trinajstić information content (AvgIpc) is 2.38. The van der Waals surface area contributed by atoms with Gasteiger partial charge in [0.1, 0.15) is 0 Å². The van der Waals surface area contributed by atoms with Crippen LogP contribution in [0.5, 0.6) is 0 Å². The van der Waals surface area contributed by atoms with Gasteiger partial charge >= 0.3 is 0 Å². The quantitative estimate of drug-likeness (QED) is 0.766. The van der Waals surface area contributed by atoms with E-state index in [1.54, 1.807) is 7.11 Å². The molecule has 0 unspecified atom stereocenters. The highest BCUT2D eigenvalue weighted by molar-refractivity contribution is 6.08. The van der Waals surface area contributed by atoms with Crippen molar-refractivity contribution in [1.29, 1.82) is 0 Å². The summed E-state index contributed by atoms with van der Waals surface area (Å²) in [5.41, 5.74) is 2.46. The molecule has 0 atom stereocenters. The molecule has 0 aliphatic carbocycles. The number of methoxy groups -OCH3 is 1. The Labute approximate surface area is 113 Å². The van der Waals surface area contributed by atoms with Crippen molar-refractivity contribution in [3.8, 4) is 0 Å². The zero-order chi connectivity index (χ0) is 13.2. The first-order chi connectivity index (χ1) is 8.56. The summed E-state index contributed by atoms with van der Waals surface area (Å²) in [5, 5.41) is 2.63. The zero-order valence-corrected chi connectivity index (χ0v) is 13.8. The molecule has 0 saturated carbocycles. The van der Waals surface area contributed by atoms with E-state index in [1.807, 2.05) is 0 Å². The summed E-state index contributed by atoms with van der Waals surface area (Å²) >= 11 is 0. The largest absolute Gasteiger partial charge is 0.374 e. The summed E-state index contributed by atoms with van der Waals surface area (Å²) in [5.74, 6) is 0. The Hall–Kier alpha value is -1.12. The van der Waals surface area contributed by atoms with Gasteiger partial charge in [-0.1, -0.05) is 36.4 Å². The number of aryl methyl sites for hydroxylation is 1. The Bertz CT molecular complexity index is 546. The van der Waals surface area contributed by atoms with E-state index in [0.717, 1.165) is 0 Å². The molecule has 0 aromatic heterocycles. The second-order valence-electron chi connectivity index (χ2n) is 5.36. The Morgan fingerprint density at radius 2 is 1.72 bits per heavy atom. The molecule has 0 heterocycles. The molecule has 18 heavy (non-hydrogen) atoms. The molecule has 0 bridgehead atoms. The minimum atomic E-state index is -0.220. The first kappa shape index (κ1) is 13.3. The van der Waals surface area contributed by atoms with E-state index < -0.39 is 0 Å². The standard InChI is InChI=1S/C16H22OSi/c1-16(2,17-3)15-7-6-13-10-12(8-9-18)4-5-14(13)11-15/h4-7,10-11H,8-9H2,1-3,18H3. The van der Waals surface area contributed by atoms with Gasteiger partial charge in [0.25, 0.3) is 0 Å². The van der Waals surface area contributed by atoms with E-state index >= 15 is 0 Å². The van der Waals surface area contributed by atoms with Gasteiger partial charge < -0.3 is 4.74 Å². The number of ether oxygens (including phenoxy) is 1. The Morgan fingerprint density at radius 1 is 1.06 bits per heavy atom. The van der Waals surface area contributed by atoms with E-state index in [2.05, 4.69) is 50.2 Å². The van der Waals surface area contributed by atoms with Crippen molar-refractivity contribution >= 4 is 21.0 Å². The fourth-order valence-electron chi connectivity index (χ4n) is 2.23. The van der Waals surface area contributed by atoms with Crippen LogP contribution in [0.1, 0.15) is 25.0 Å². The molecule has 0 spiro atoms. The van der Waals surface area contributed by atoms with Crippen LogP contribution in [0.25, 0.3) is 10.8 Å². The van der Waals surface area contributed by atoms with Crippen molar-refractivity contribution < 1.29 is 4.74 Å². The minimum absolute atomic E-state index is 0.220. The normalized spacial score (nSPS) is 12.2. The number of rotatable bonds is 4. The molecule has 2 heteroatoms. The molecule has 0 N–H and O–H groups in total. The van der Waals surface area contributed by atoms with E-state index in [-0.39, 0.29) is 5.60 Å². The highest BCUT2D eigenvalue weighted by atomic mass is 28.1. The Balaban J connectivity index is 2.44. The van der Waals surface area contributed by atoms with Gasteiger partial charge in [0.05, 0.1) is 5.60 Å². The van der Waals surface area contributed by atoms with Gasteiger partial charge in [-0.05, 0) is 48.2 Å². The van der Waals surface area contributed by atoms with Crippen molar-refractivity contribution in [2.24, 2.45) is 0 Å². The highest BCUT2D eigenvalue weighted by Crippen LogP contribution is 2.27. The summed E-state index contributed by atoms with van der Waals surface area (Å²) in [6.45, 7) is 4.20. The highest BCUT2D eigenvalue weighted by Gasteiger charge is 2.19. The molecule has 0 saturated heterocycles. The van der Waals surface area contributed by atoms with Crippen molar-refractivity contribution in [2.45, 2.75) is 31.9 Å². The summed E-state index contributed by atoms with van der Waals surface area (Å²) in [6.07, 6.45) is 1.22. The average molecular weight is 258 g/mol. The predicted molar refractivity (Wildman–Crippen MR) is 82.4 cm³/mol. The number of benzene rings is 2. The van der Waals surface area contributed by atoms with Gasteiger partial charge in [0.15, 0.2) is 0 Å². The second kappa shape index (κ2) is 5.25. The lowest BCUT2D eigenvalue weighted by molar-refractivity contribution is 0.0193. The third-order valence-corrected chi connectivity index (χ3v) is 4.15. The topological polar surface area (TPSA) is 9.23 Å². The lowest BCUT2D eigenvalue weighted by atomic mass is 9.94. The van der Waals surface area contributed by atoms with Crippen LogP contribution in [-0.4, -0.2) is 17.4 Å². The van der Waals surface area contributed by atoms with Gasteiger partial charge in [-0.2, -0.15) is 0 Å². The molecule has 2 aromatic rings.